The van der Waals surface area contributed by atoms with Crippen LogP contribution in [0.25, 0.3) is 0 Å². The monoisotopic (exact) mass is 367 g/mol. The van der Waals surface area contributed by atoms with Crippen molar-refractivity contribution < 1.29 is 14.0 Å². The summed E-state index contributed by atoms with van der Waals surface area (Å²) in [7, 11) is 1.92. The highest BCUT2D eigenvalue weighted by molar-refractivity contribution is 5.93. The third kappa shape index (κ3) is 3.13. The number of likely N-dealkylation sites (N-methyl/N-ethyl adjacent to an activating group) is 1. The Hall–Kier alpha value is -2.63. The maximum absolute atomic E-state index is 13.0. The molecule has 2 aromatic rings. The Morgan fingerprint density at radius 1 is 1.26 bits per heavy atom. The van der Waals surface area contributed by atoms with Gasteiger partial charge in [0.1, 0.15) is 0 Å². The molecule has 1 aromatic carbocycles. The topological polar surface area (TPSA) is 66.7 Å². The molecular formula is C21H25N3O3. The highest BCUT2D eigenvalue weighted by Crippen LogP contribution is 2.44. The van der Waals surface area contributed by atoms with Gasteiger partial charge in [0.2, 0.25) is 11.7 Å². The maximum atomic E-state index is 13.0. The number of benzene rings is 1. The van der Waals surface area contributed by atoms with Crippen LogP contribution in [0.4, 0.5) is 0 Å². The Kier molecular flexibility index (Phi) is 4.50. The lowest BCUT2D eigenvalue weighted by Crippen LogP contribution is -2.46. The minimum Gasteiger partial charge on any atom is -0.438 e. The third-order valence-corrected chi connectivity index (χ3v) is 6.21. The largest absolute Gasteiger partial charge is 0.438 e. The van der Waals surface area contributed by atoms with Crippen molar-refractivity contribution in [3.05, 3.63) is 53.7 Å². The van der Waals surface area contributed by atoms with E-state index in [1.165, 1.54) is 12.0 Å². The third-order valence-electron chi connectivity index (χ3n) is 6.21. The number of carbonyl (C=O) groups excluding carboxylic acids is 2. The Morgan fingerprint density at radius 2 is 1.96 bits per heavy atom. The second-order valence-electron chi connectivity index (χ2n) is 7.80. The van der Waals surface area contributed by atoms with E-state index in [0.717, 1.165) is 12.8 Å². The Balaban J connectivity index is 1.43. The van der Waals surface area contributed by atoms with Gasteiger partial charge in [-0.25, -0.2) is 4.98 Å². The molecule has 2 aliphatic rings. The normalized spacial score (nSPS) is 21.9. The maximum Gasteiger partial charge on any atom is 0.291 e. The molecule has 6 nitrogen and oxygen atoms in total. The van der Waals surface area contributed by atoms with Crippen LogP contribution in [0.3, 0.4) is 0 Å². The Morgan fingerprint density at radius 3 is 2.59 bits per heavy atom. The van der Waals surface area contributed by atoms with E-state index >= 15 is 0 Å². The number of carbonyl (C=O) groups is 2. The van der Waals surface area contributed by atoms with Crippen molar-refractivity contribution in [3.63, 3.8) is 0 Å². The van der Waals surface area contributed by atoms with Crippen LogP contribution in [0.1, 0.15) is 41.1 Å². The molecule has 3 heterocycles. The van der Waals surface area contributed by atoms with E-state index < -0.39 is 0 Å². The predicted molar refractivity (Wildman–Crippen MR) is 100 cm³/mol. The van der Waals surface area contributed by atoms with Crippen molar-refractivity contribution in [2.45, 2.75) is 38.6 Å². The van der Waals surface area contributed by atoms with Crippen LogP contribution in [-0.2, 0) is 11.2 Å². The number of aromatic nitrogens is 1. The van der Waals surface area contributed by atoms with E-state index in [2.05, 4.69) is 17.1 Å². The summed E-state index contributed by atoms with van der Waals surface area (Å²) in [5, 5.41) is 0. The lowest BCUT2D eigenvalue weighted by molar-refractivity contribution is -0.137. The van der Waals surface area contributed by atoms with Crippen molar-refractivity contribution in [2.75, 3.05) is 20.1 Å². The van der Waals surface area contributed by atoms with Crippen LogP contribution in [0.15, 0.2) is 41.1 Å². The summed E-state index contributed by atoms with van der Waals surface area (Å²) in [6, 6.07) is 10.5. The van der Waals surface area contributed by atoms with Crippen molar-refractivity contribution >= 4 is 11.8 Å². The van der Waals surface area contributed by atoms with Crippen molar-refractivity contribution in [3.8, 4) is 0 Å². The number of rotatable bonds is 3. The first-order valence-electron chi connectivity index (χ1n) is 9.51. The van der Waals surface area contributed by atoms with Crippen molar-refractivity contribution in [2.24, 2.45) is 5.41 Å². The van der Waals surface area contributed by atoms with Gasteiger partial charge >= 0.3 is 0 Å². The van der Waals surface area contributed by atoms with E-state index in [9.17, 15) is 9.59 Å². The summed E-state index contributed by atoms with van der Waals surface area (Å²) in [4.78, 5) is 33.4. The van der Waals surface area contributed by atoms with Crippen LogP contribution in [0, 0.1) is 12.3 Å². The molecule has 27 heavy (non-hydrogen) atoms. The summed E-state index contributed by atoms with van der Waals surface area (Å²) in [5.74, 6) is 0.411. The van der Waals surface area contributed by atoms with Gasteiger partial charge in [0.05, 0.1) is 11.1 Å². The van der Waals surface area contributed by atoms with Gasteiger partial charge in [-0.15, -0.1) is 0 Å². The van der Waals surface area contributed by atoms with Crippen LogP contribution in [0.2, 0.25) is 0 Å². The van der Waals surface area contributed by atoms with E-state index in [4.69, 9.17) is 4.42 Å². The lowest BCUT2D eigenvalue weighted by Gasteiger charge is -2.37. The summed E-state index contributed by atoms with van der Waals surface area (Å²) in [5.41, 5.74) is 1.54. The molecule has 1 aromatic heterocycles. The predicted octanol–water partition coefficient (Wildman–Crippen LogP) is 2.68. The summed E-state index contributed by atoms with van der Waals surface area (Å²) in [6.45, 7) is 2.93. The number of piperidine rings is 1. The van der Waals surface area contributed by atoms with Crippen molar-refractivity contribution in [1.29, 1.82) is 0 Å². The first kappa shape index (κ1) is 17.8. The molecule has 0 bridgehead atoms. The molecule has 142 valence electrons. The fourth-order valence-corrected chi connectivity index (χ4v) is 4.52. The highest BCUT2D eigenvalue weighted by Gasteiger charge is 2.51. The fraction of sp³-hybridized carbons (Fsp3) is 0.476. The number of amides is 2. The molecule has 1 atom stereocenters. The smallest absolute Gasteiger partial charge is 0.291 e. The molecule has 2 fully saturated rings. The molecule has 0 N–H and O–H groups in total. The van der Waals surface area contributed by atoms with Gasteiger partial charge < -0.3 is 14.2 Å². The van der Waals surface area contributed by atoms with E-state index in [1.807, 2.05) is 30.1 Å². The van der Waals surface area contributed by atoms with Gasteiger partial charge in [-0.05, 0) is 38.2 Å². The van der Waals surface area contributed by atoms with E-state index in [0.29, 0.717) is 37.4 Å². The quantitative estimate of drug-likeness (QED) is 0.837. The van der Waals surface area contributed by atoms with Crippen molar-refractivity contribution in [1.82, 2.24) is 14.8 Å². The lowest BCUT2D eigenvalue weighted by atomic mass is 9.75. The van der Waals surface area contributed by atoms with Crippen LogP contribution in [-0.4, -0.2) is 52.8 Å². The second-order valence-corrected chi connectivity index (χ2v) is 7.80. The number of likely N-dealkylation sites (tertiary alicyclic amines) is 2. The molecular weight excluding hydrogens is 342 g/mol. The number of hydrogen-bond acceptors (Lipinski definition) is 4. The van der Waals surface area contributed by atoms with Crippen LogP contribution in [0.5, 0.6) is 0 Å². The summed E-state index contributed by atoms with van der Waals surface area (Å²) < 4.78 is 5.24. The van der Waals surface area contributed by atoms with Gasteiger partial charge in [-0.3, -0.25) is 9.59 Å². The van der Waals surface area contributed by atoms with Gasteiger partial charge in [-0.2, -0.15) is 0 Å². The summed E-state index contributed by atoms with van der Waals surface area (Å²) >= 11 is 0. The average Bonchev–Trinajstić information content (AvgIpc) is 3.21. The first-order valence-corrected chi connectivity index (χ1v) is 9.51. The molecule has 2 saturated heterocycles. The minimum absolute atomic E-state index is 0.125. The molecule has 0 aliphatic carbocycles. The standard InChI is InChI=1S/C21H25N3O3/c1-15-18(27-14-22-15)19(25)24-10-8-21(9-11-24)13-17(23(2)20(21)26)12-16-6-4-3-5-7-16/h3-7,14,17H,8-13H2,1-2H3/t17-/m0/s1. The molecule has 2 aliphatic heterocycles. The Labute approximate surface area is 159 Å². The zero-order chi connectivity index (χ0) is 19.0. The number of nitrogens with zero attached hydrogens (tertiary/aromatic N) is 3. The minimum atomic E-state index is -0.332. The van der Waals surface area contributed by atoms with Crippen LogP contribution < -0.4 is 0 Å². The number of oxazole rings is 1. The highest BCUT2D eigenvalue weighted by atomic mass is 16.3. The molecule has 6 heteroatoms. The molecule has 2 amide bonds. The van der Waals surface area contributed by atoms with Gasteiger partial charge in [0.15, 0.2) is 6.39 Å². The van der Waals surface area contributed by atoms with Gasteiger partial charge in [0, 0.05) is 26.2 Å². The Bertz CT molecular complexity index is 837. The second kappa shape index (κ2) is 6.83. The molecule has 0 radical (unpaired) electrons. The molecule has 0 saturated carbocycles. The molecule has 1 spiro atoms. The van der Waals surface area contributed by atoms with E-state index in [1.54, 1.807) is 11.8 Å². The van der Waals surface area contributed by atoms with Crippen LogP contribution >= 0.6 is 0 Å². The first-order chi connectivity index (χ1) is 13.0. The van der Waals surface area contributed by atoms with Gasteiger partial charge in [0.25, 0.3) is 5.91 Å². The molecule has 4 rings (SSSR count). The zero-order valence-electron chi connectivity index (χ0n) is 15.9. The number of aryl methyl sites for hydroxylation is 1. The molecule has 0 unspecified atom stereocenters. The SMILES string of the molecule is Cc1ncoc1C(=O)N1CCC2(CC1)C[C@H](Cc1ccccc1)N(C)C2=O. The fourth-order valence-electron chi connectivity index (χ4n) is 4.52. The average molecular weight is 367 g/mol. The number of hydrogen-bond donors (Lipinski definition) is 0. The van der Waals surface area contributed by atoms with Gasteiger partial charge in [-0.1, -0.05) is 30.3 Å². The summed E-state index contributed by atoms with van der Waals surface area (Å²) in [6.07, 6.45) is 4.46. The van der Waals surface area contributed by atoms with E-state index in [-0.39, 0.29) is 23.3 Å². The zero-order valence-corrected chi connectivity index (χ0v) is 15.9.